The molecule has 1 saturated heterocycles. The van der Waals surface area contributed by atoms with Gasteiger partial charge < -0.3 is 4.74 Å². The smallest absolute Gasteiger partial charge is 0.411 e. The van der Waals surface area contributed by atoms with E-state index in [2.05, 4.69) is 9.93 Å². The summed E-state index contributed by atoms with van der Waals surface area (Å²) in [5.74, 6) is 1.12. The van der Waals surface area contributed by atoms with Gasteiger partial charge in [0.25, 0.3) is 10.0 Å². The highest BCUT2D eigenvalue weighted by molar-refractivity contribution is 7.99. The number of hydrogen-bond acceptors (Lipinski definition) is 6. The van der Waals surface area contributed by atoms with E-state index in [0.717, 1.165) is 5.56 Å². The Morgan fingerprint density at radius 2 is 2.00 bits per heavy atom. The maximum atomic E-state index is 12.2. The Labute approximate surface area is 152 Å². The summed E-state index contributed by atoms with van der Waals surface area (Å²) in [7, 11) is -3.72. The van der Waals surface area contributed by atoms with Gasteiger partial charge in [-0.25, -0.2) is 9.63 Å². The summed E-state index contributed by atoms with van der Waals surface area (Å²) in [4.78, 5) is 16.0. The van der Waals surface area contributed by atoms with Gasteiger partial charge in [-0.05, 0) is 39.8 Å². The predicted octanol–water partition coefficient (Wildman–Crippen LogP) is 2.57. The number of amides is 1. The van der Waals surface area contributed by atoms with E-state index in [-0.39, 0.29) is 10.9 Å². The Morgan fingerprint density at radius 3 is 2.60 bits per heavy atom. The lowest BCUT2D eigenvalue weighted by atomic mass is 10.2. The molecular formula is C16H23N3O4S2. The SMILES string of the molecule is Cc1ccc(S(=O)(=O)N/N=C/C2CSCN2C(=O)OC(C)(C)C)cc1. The molecule has 1 aliphatic rings. The van der Waals surface area contributed by atoms with E-state index < -0.39 is 21.7 Å². The molecule has 1 amide bonds. The molecule has 1 atom stereocenters. The first-order chi connectivity index (χ1) is 11.6. The van der Waals surface area contributed by atoms with Crippen molar-refractivity contribution < 1.29 is 17.9 Å². The Balaban J connectivity index is 2.00. The van der Waals surface area contributed by atoms with Crippen LogP contribution in [0.5, 0.6) is 0 Å². The van der Waals surface area contributed by atoms with Crippen molar-refractivity contribution in [2.45, 2.75) is 44.2 Å². The molecular weight excluding hydrogens is 362 g/mol. The van der Waals surface area contributed by atoms with Gasteiger partial charge in [-0.3, -0.25) is 4.90 Å². The topological polar surface area (TPSA) is 88.1 Å². The normalized spacial score (nSPS) is 18.6. The molecule has 138 valence electrons. The molecule has 0 saturated carbocycles. The molecule has 1 heterocycles. The van der Waals surface area contributed by atoms with Crippen molar-refractivity contribution in [2.24, 2.45) is 5.10 Å². The minimum atomic E-state index is -3.72. The predicted molar refractivity (Wildman–Crippen MR) is 99.2 cm³/mol. The van der Waals surface area contributed by atoms with Crippen molar-refractivity contribution in [3.05, 3.63) is 29.8 Å². The first kappa shape index (κ1) is 19.6. The highest BCUT2D eigenvalue weighted by Crippen LogP contribution is 2.22. The van der Waals surface area contributed by atoms with Crippen molar-refractivity contribution >= 4 is 34.1 Å². The van der Waals surface area contributed by atoms with Gasteiger partial charge in [-0.2, -0.15) is 13.5 Å². The number of nitrogens with zero attached hydrogens (tertiary/aromatic N) is 2. The maximum absolute atomic E-state index is 12.2. The zero-order valence-corrected chi connectivity index (χ0v) is 16.4. The second kappa shape index (κ2) is 7.65. The molecule has 25 heavy (non-hydrogen) atoms. The number of rotatable bonds is 4. The van der Waals surface area contributed by atoms with Crippen molar-refractivity contribution in [1.29, 1.82) is 0 Å². The van der Waals surface area contributed by atoms with Gasteiger partial charge >= 0.3 is 6.09 Å². The number of thioether (sulfide) groups is 1. The molecule has 0 bridgehead atoms. The van der Waals surface area contributed by atoms with Crippen LogP contribution in [0, 0.1) is 6.92 Å². The third kappa shape index (κ3) is 5.64. The first-order valence-electron chi connectivity index (χ1n) is 7.77. The third-order valence-corrected chi connectivity index (χ3v) is 5.57. The number of benzene rings is 1. The van der Waals surface area contributed by atoms with Gasteiger partial charge in [-0.15, -0.1) is 11.8 Å². The Bertz CT molecular complexity index is 740. The number of hydrazone groups is 1. The maximum Gasteiger partial charge on any atom is 0.411 e. The summed E-state index contributed by atoms with van der Waals surface area (Å²) >= 11 is 1.56. The lowest BCUT2D eigenvalue weighted by molar-refractivity contribution is 0.0281. The molecule has 1 aliphatic heterocycles. The number of aryl methyl sites for hydroxylation is 1. The lowest BCUT2D eigenvalue weighted by Crippen LogP contribution is -2.41. The highest BCUT2D eigenvalue weighted by Gasteiger charge is 2.31. The molecule has 7 nitrogen and oxygen atoms in total. The van der Waals surface area contributed by atoms with E-state index in [1.807, 2.05) is 6.92 Å². The van der Waals surface area contributed by atoms with Crippen LogP contribution in [-0.4, -0.2) is 48.9 Å². The van der Waals surface area contributed by atoms with Gasteiger partial charge in [0, 0.05) is 12.0 Å². The molecule has 1 N–H and O–H groups in total. The van der Waals surface area contributed by atoms with Crippen LogP contribution in [0.2, 0.25) is 0 Å². The molecule has 0 spiro atoms. The molecule has 1 unspecified atom stereocenters. The van der Waals surface area contributed by atoms with E-state index in [4.69, 9.17) is 4.74 Å². The summed E-state index contributed by atoms with van der Waals surface area (Å²) in [6, 6.07) is 6.16. The third-order valence-electron chi connectivity index (χ3n) is 3.30. The molecule has 1 fully saturated rings. The van der Waals surface area contributed by atoms with Crippen LogP contribution in [0.3, 0.4) is 0 Å². The molecule has 1 aromatic carbocycles. The van der Waals surface area contributed by atoms with Crippen LogP contribution >= 0.6 is 11.8 Å². The van der Waals surface area contributed by atoms with E-state index in [1.165, 1.54) is 23.2 Å². The van der Waals surface area contributed by atoms with Crippen LogP contribution in [0.4, 0.5) is 4.79 Å². The standard InChI is InChI=1S/C16H23N3O4S2/c1-12-5-7-14(8-6-12)25(21,22)18-17-9-13-10-24-11-19(13)15(20)23-16(2,3)4/h5-9,13,18H,10-11H2,1-4H3/b17-9+. The number of nitrogens with one attached hydrogen (secondary N) is 1. The Kier molecular flexibility index (Phi) is 5.99. The number of sulfonamides is 1. The largest absolute Gasteiger partial charge is 0.444 e. The molecule has 1 aromatic rings. The Hall–Kier alpha value is -1.74. The Morgan fingerprint density at radius 1 is 1.36 bits per heavy atom. The van der Waals surface area contributed by atoms with Gasteiger partial charge in [0.2, 0.25) is 0 Å². The number of ether oxygens (including phenoxy) is 1. The summed E-state index contributed by atoms with van der Waals surface area (Å²) < 4.78 is 29.7. The second-order valence-corrected chi connectivity index (χ2v) is 9.36. The summed E-state index contributed by atoms with van der Waals surface area (Å²) in [6.45, 7) is 7.28. The van der Waals surface area contributed by atoms with Crippen LogP contribution < -0.4 is 4.83 Å². The van der Waals surface area contributed by atoms with Crippen LogP contribution in [0.15, 0.2) is 34.3 Å². The average molecular weight is 386 g/mol. The quantitative estimate of drug-likeness (QED) is 0.636. The molecule has 0 aliphatic carbocycles. The number of hydrogen-bond donors (Lipinski definition) is 1. The summed E-state index contributed by atoms with van der Waals surface area (Å²) in [5, 5.41) is 3.83. The number of carbonyl (C=O) groups excluding carboxylic acids is 1. The fourth-order valence-electron chi connectivity index (χ4n) is 2.05. The van der Waals surface area contributed by atoms with Crippen LogP contribution in [0.1, 0.15) is 26.3 Å². The van der Waals surface area contributed by atoms with Gasteiger partial charge in [0.1, 0.15) is 5.60 Å². The second-order valence-electron chi connectivity index (χ2n) is 6.70. The zero-order chi connectivity index (χ0) is 18.7. The first-order valence-corrected chi connectivity index (χ1v) is 10.4. The average Bonchev–Trinajstić information content (AvgIpc) is 2.94. The number of carbonyl (C=O) groups is 1. The van der Waals surface area contributed by atoms with E-state index >= 15 is 0 Å². The summed E-state index contributed by atoms with van der Waals surface area (Å²) in [5.41, 5.74) is 0.387. The van der Waals surface area contributed by atoms with Crippen LogP contribution in [-0.2, 0) is 14.8 Å². The fraction of sp³-hybridized carbons (Fsp3) is 0.500. The van der Waals surface area contributed by atoms with E-state index in [1.54, 1.807) is 44.7 Å². The van der Waals surface area contributed by atoms with Crippen molar-refractivity contribution in [1.82, 2.24) is 9.73 Å². The molecule has 0 aromatic heterocycles. The van der Waals surface area contributed by atoms with Crippen molar-refractivity contribution in [2.75, 3.05) is 11.6 Å². The van der Waals surface area contributed by atoms with Crippen LogP contribution in [0.25, 0.3) is 0 Å². The lowest BCUT2D eigenvalue weighted by Gasteiger charge is -2.26. The molecule has 9 heteroatoms. The molecule has 0 radical (unpaired) electrons. The minimum absolute atomic E-state index is 0.139. The van der Waals surface area contributed by atoms with Gasteiger partial charge in [-0.1, -0.05) is 17.7 Å². The highest BCUT2D eigenvalue weighted by atomic mass is 32.2. The van der Waals surface area contributed by atoms with Gasteiger partial charge in [0.05, 0.1) is 16.8 Å². The van der Waals surface area contributed by atoms with Crippen molar-refractivity contribution in [3.63, 3.8) is 0 Å². The minimum Gasteiger partial charge on any atom is -0.444 e. The summed E-state index contributed by atoms with van der Waals surface area (Å²) in [6.07, 6.45) is 0.991. The van der Waals surface area contributed by atoms with E-state index in [0.29, 0.717) is 11.6 Å². The monoisotopic (exact) mass is 385 g/mol. The molecule has 2 rings (SSSR count). The zero-order valence-electron chi connectivity index (χ0n) is 14.7. The van der Waals surface area contributed by atoms with E-state index in [9.17, 15) is 13.2 Å². The van der Waals surface area contributed by atoms with Gasteiger partial charge in [0.15, 0.2) is 0 Å². The van der Waals surface area contributed by atoms with Crippen molar-refractivity contribution in [3.8, 4) is 0 Å². The fourth-order valence-corrected chi connectivity index (χ4v) is 3.95.